The maximum absolute atomic E-state index is 13.7. The van der Waals surface area contributed by atoms with Gasteiger partial charge in [0.2, 0.25) is 20.0 Å². The lowest BCUT2D eigenvalue weighted by Gasteiger charge is -2.38. The van der Waals surface area contributed by atoms with Gasteiger partial charge in [0.25, 0.3) is 0 Å². The normalized spacial score (nSPS) is 17.6. The zero-order chi connectivity index (χ0) is 24.9. The number of ether oxygens (including phenoxy) is 1. The molecule has 0 radical (unpaired) electrons. The number of carbonyl (C=O) groups excluding carboxylic acids is 1. The molecular formula is C23H29ClN2O6S2. The van der Waals surface area contributed by atoms with Gasteiger partial charge in [0.1, 0.15) is 0 Å². The van der Waals surface area contributed by atoms with Crippen molar-refractivity contribution in [1.82, 2.24) is 8.61 Å². The quantitative estimate of drug-likeness (QED) is 0.461. The van der Waals surface area contributed by atoms with Crippen molar-refractivity contribution in [3.8, 4) is 0 Å². The number of methoxy groups -OCH3 is 1. The van der Waals surface area contributed by atoms with Crippen LogP contribution in [0.1, 0.15) is 42.1 Å². The fourth-order valence-electron chi connectivity index (χ4n) is 3.99. The van der Waals surface area contributed by atoms with Gasteiger partial charge in [-0.25, -0.2) is 25.9 Å². The largest absolute Gasteiger partial charge is 0.465 e. The van der Waals surface area contributed by atoms with E-state index in [-0.39, 0.29) is 23.7 Å². The van der Waals surface area contributed by atoms with Crippen LogP contribution >= 0.6 is 11.6 Å². The standard InChI is InChI=1S/C23H29ClN2O6S2/c1-3-15-33(28,29)25-14-4-5-21(17-25)26(34(30,31)22-12-10-20(24)11-13-22)16-18-6-8-19(9-7-18)23(27)32-2/h6-13,21H,3-5,14-17H2,1-2H3. The van der Waals surface area contributed by atoms with E-state index < -0.39 is 32.1 Å². The number of hydrogen-bond donors (Lipinski definition) is 0. The Labute approximate surface area is 206 Å². The molecule has 0 saturated carbocycles. The summed E-state index contributed by atoms with van der Waals surface area (Å²) in [5.41, 5.74) is 1.02. The molecule has 1 unspecified atom stereocenters. The zero-order valence-electron chi connectivity index (χ0n) is 19.2. The average molecular weight is 529 g/mol. The van der Waals surface area contributed by atoms with Gasteiger partial charge in [0.15, 0.2) is 0 Å². The Balaban J connectivity index is 1.96. The lowest BCUT2D eigenvalue weighted by atomic mass is 10.1. The van der Waals surface area contributed by atoms with Crippen molar-refractivity contribution >= 4 is 37.6 Å². The Hall–Kier alpha value is -1.98. The fraction of sp³-hybridized carbons (Fsp3) is 0.435. The molecule has 1 saturated heterocycles. The molecule has 1 heterocycles. The summed E-state index contributed by atoms with van der Waals surface area (Å²) in [5.74, 6) is -0.459. The van der Waals surface area contributed by atoms with Crippen molar-refractivity contribution in [2.45, 2.75) is 43.7 Å². The number of rotatable bonds is 9. The van der Waals surface area contributed by atoms with Gasteiger partial charge >= 0.3 is 5.97 Å². The monoisotopic (exact) mass is 528 g/mol. The lowest BCUT2D eigenvalue weighted by molar-refractivity contribution is 0.0600. The first-order valence-corrected chi connectivity index (χ1v) is 14.4. The van der Waals surface area contributed by atoms with E-state index in [1.807, 2.05) is 0 Å². The van der Waals surface area contributed by atoms with Gasteiger partial charge in [-0.15, -0.1) is 0 Å². The van der Waals surface area contributed by atoms with E-state index >= 15 is 0 Å². The van der Waals surface area contributed by atoms with Crippen LogP contribution in [0, 0.1) is 0 Å². The van der Waals surface area contributed by atoms with Crippen LogP contribution < -0.4 is 0 Å². The first-order chi connectivity index (χ1) is 16.1. The van der Waals surface area contributed by atoms with Crippen molar-refractivity contribution < 1.29 is 26.4 Å². The highest BCUT2D eigenvalue weighted by molar-refractivity contribution is 7.89. The van der Waals surface area contributed by atoms with Gasteiger partial charge in [-0.3, -0.25) is 0 Å². The minimum atomic E-state index is -3.97. The average Bonchev–Trinajstić information content (AvgIpc) is 2.82. The van der Waals surface area contributed by atoms with Crippen LogP contribution in [0.4, 0.5) is 0 Å². The zero-order valence-corrected chi connectivity index (χ0v) is 21.6. The second-order valence-electron chi connectivity index (χ2n) is 8.16. The van der Waals surface area contributed by atoms with Crippen LogP contribution in [0.3, 0.4) is 0 Å². The maximum atomic E-state index is 13.7. The number of benzene rings is 2. The molecule has 0 N–H and O–H groups in total. The Morgan fingerprint density at radius 2 is 1.74 bits per heavy atom. The summed E-state index contributed by atoms with van der Waals surface area (Å²) in [6, 6.07) is 11.9. The van der Waals surface area contributed by atoms with E-state index in [2.05, 4.69) is 0 Å². The van der Waals surface area contributed by atoms with Gasteiger partial charge in [-0.05, 0) is 61.2 Å². The second kappa shape index (κ2) is 11.2. The summed E-state index contributed by atoms with van der Waals surface area (Å²) >= 11 is 5.95. The molecule has 0 aliphatic carbocycles. The topological polar surface area (TPSA) is 101 Å². The van der Waals surface area contributed by atoms with Crippen LogP contribution in [-0.4, -0.2) is 63.4 Å². The molecule has 0 spiro atoms. The van der Waals surface area contributed by atoms with Crippen molar-refractivity contribution in [3.63, 3.8) is 0 Å². The predicted octanol–water partition coefficient (Wildman–Crippen LogP) is 3.52. The Kier molecular flexibility index (Phi) is 8.75. The van der Waals surface area contributed by atoms with E-state index in [1.54, 1.807) is 31.2 Å². The molecule has 0 amide bonds. The Morgan fingerprint density at radius 3 is 2.32 bits per heavy atom. The summed E-state index contributed by atoms with van der Waals surface area (Å²) in [6.45, 7) is 2.30. The summed E-state index contributed by atoms with van der Waals surface area (Å²) < 4.78 is 60.3. The third-order valence-corrected chi connectivity index (χ3v) is 9.96. The summed E-state index contributed by atoms with van der Waals surface area (Å²) in [6.07, 6.45) is 1.58. The lowest BCUT2D eigenvalue weighted by Crippen LogP contribution is -2.51. The smallest absolute Gasteiger partial charge is 0.337 e. The van der Waals surface area contributed by atoms with Crippen LogP contribution in [0.5, 0.6) is 0 Å². The molecule has 1 aliphatic rings. The minimum Gasteiger partial charge on any atom is -0.465 e. The second-order valence-corrected chi connectivity index (χ2v) is 12.6. The molecule has 34 heavy (non-hydrogen) atoms. The summed E-state index contributed by atoms with van der Waals surface area (Å²) in [5, 5.41) is 0.415. The van der Waals surface area contributed by atoms with Crippen LogP contribution in [0.15, 0.2) is 53.4 Å². The number of carbonyl (C=O) groups is 1. The summed E-state index contributed by atoms with van der Waals surface area (Å²) in [4.78, 5) is 11.8. The molecule has 2 aromatic carbocycles. The molecule has 1 fully saturated rings. The highest BCUT2D eigenvalue weighted by Crippen LogP contribution is 2.28. The van der Waals surface area contributed by atoms with Gasteiger partial charge in [-0.2, -0.15) is 4.31 Å². The van der Waals surface area contributed by atoms with Crippen LogP contribution in [0.2, 0.25) is 5.02 Å². The third kappa shape index (κ3) is 6.17. The third-order valence-electron chi connectivity index (χ3n) is 5.76. The molecule has 2 aromatic rings. The molecule has 3 rings (SSSR count). The number of halogens is 1. The van der Waals surface area contributed by atoms with Gasteiger partial charge in [0, 0.05) is 30.7 Å². The van der Waals surface area contributed by atoms with Gasteiger partial charge in [0.05, 0.1) is 23.3 Å². The Morgan fingerprint density at radius 1 is 1.09 bits per heavy atom. The molecule has 0 aromatic heterocycles. The van der Waals surface area contributed by atoms with Crippen molar-refractivity contribution in [3.05, 3.63) is 64.7 Å². The maximum Gasteiger partial charge on any atom is 0.337 e. The highest BCUT2D eigenvalue weighted by Gasteiger charge is 2.37. The van der Waals surface area contributed by atoms with Crippen molar-refractivity contribution in [2.24, 2.45) is 0 Å². The molecular weight excluding hydrogens is 500 g/mol. The number of piperidine rings is 1. The first-order valence-electron chi connectivity index (χ1n) is 11.0. The van der Waals surface area contributed by atoms with Gasteiger partial charge in [-0.1, -0.05) is 30.7 Å². The van der Waals surface area contributed by atoms with Crippen LogP contribution in [0.25, 0.3) is 0 Å². The van der Waals surface area contributed by atoms with E-state index in [9.17, 15) is 21.6 Å². The molecule has 186 valence electrons. The van der Waals surface area contributed by atoms with Crippen LogP contribution in [-0.2, 0) is 31.3 Å². The number of nitrogens with zero attached hydrogens (tertiary/aromatic N) is 2. The minimum absolute atomic E-state index is 0.0264. The first kappa shape index (κ1) is 26.6. The van der Waals surface area contributed by atoms with E-state index in [1.165, 1.54) is 40.0 Å². The van der Waals surface area contributed by atoms with Crippen molar-refractivity contribution in [2.75, 3.05) is 26.0 Å². The number of sulfonamides is 2. The fourth-order valence-corrected chi connectivity index (χ4v) is 7.33. The molecule has 8 nitrogen and oxygen atoms in total. The molecule has 1 atom stereocenters. The molecule has 0 bridgehead atoms. The molecule has 11 heteroatoms. The van der Waals surface area contributed by atoms with Gasteiger partial charge < -0.3 is 4.74 Å². The molecule has 1 aliphatic heterocycles. The van der Waals surface area contributed by atoms with E-state index in [0.717, 1.165) is 0 Å². The SMILES string of the molecule is CCCS(=O)(=O)N1CCCC(N(Cc2ccc(C(=O)OC)cc2)S(=O)(=O)c2ccc(Cl)cc2)C1. The number of hydrogen-bond acceptors (Lipinski definition) is 6. The predicted molar refractivity (Wildman–Crippen MR) is 131 cm³/mol. The Bertz CT molecular complexity index is 1200. The van der Waals surface area contributed by atoms with E-state index in [4.69, 9.17) is 16.3 Å². The number of esters is 1. The van der Waals surface area contributed by atoms with Crippen molar-refractivity contribution in [1.29, 1.82) is 0 Å². The van der Waals surface area contributed by atoms with E-state index in [0.29, 0.717) is 42.0 Å². The highest BCUT2D eigenvalue weighted by atomic mass is 35.5. The summed E-state index contributed by atoms with van der Waals surface area (Å²) in [7, 11) is -6.14.